The van der Waals surface area contributed by atoms with Crippen molar-refractivity contribution in [3.05, 3.63) is 42.0 Å². The van der Waals surface area contributed by atoms with Crippen LogP contribution in [0.3, 0.4) is 0 Å². The number of aryl methyl sites for hydroxylation is 1. The summed E-state index contributed by atoms with van der Waals surface area (Å²) < 4.78 is 0. The molecule has 0 radical (unpaired) electrons. The van der Waals surface area contributed by atoms with Crippen molar-refractivity contribution in [2.45, 2.75) is 38.5 Å². The molecule has 0 saturated heterocycles. The van der Waals surface area contributed by atoms with E-state index in [9.17, 15) is 4.79 Å². The maximum Gasteiger partial charge on any atom is 0.129 e. The highest BCUT2D eigenvalue weighted by atomic mass is 16.1. The van der Waals surface area contributed by atoms with Crippen LogP contribution in [0.15, 0.2) is 35.8 Å². The number of para-hydroxylation sites is 1. The number of hydrogen-bond acceptors (Lipinski definition) is 2. The summed E-state index contributed by atoms with van der Waals surface area (Å²) in [7, 11) is 0. The Morgan fingerprint density at radius 1 is 1.50 bits per heavy atom. The van der Waals surface area contributed by atoms with E-state index in [1.807, 2.05) is 12.3 Å². The van der Waals surface area contributed by atoms with Crippen molar-refractivity contribution >= 4 is 17.7 Å². The van der Waals surface area contributed by atoms with Crippen LogP contribution >= 0.6 is 0 Å². The van der Waals surface area contributed by atoms with E-state index in [1.54, 1.807) is 6.92 Å². The van der Waals surface area contributed by atoms with Crippen molar-refractivity contribution in [2.75, 3.05) is 0 Å². The fraction of sp³-hybridized carbons (Fsp3) is 0.375. The highest BCUT2D eigenvalue weighted by Crippen LogP contribution is 2.44. The maximum absolute atomic E-state index is 11.3. The van der Waals surface area contributed by atoms with Crippen LogP contribution < -0.4 is 0 Å². The minimum absolute atomic E-state index is 0.130. The van der Waals surface area contributed by atoms with Gasteiger partial charge in [-0.2, -0.15) is 0 Å². The summed E-state index contributed by atoms with van der Waals surface area (Å²) in [5, 5.41) is 0. The summed E-state index contributed by atoms with van der Waals surface area (Å²) in [6.45, 7) is 7.56. The average molecular weight is 241 g/mol. The first-order valence-corrected chi connectivity index (χ1v) is 6.35. The molecule has 0 saturated carbocycles. The van der Waals surface area contributed by atoms with Gasteiger partial charge in [-0.3, -0.25) is 4.99 Å². The highest BCUT2D eigenvalue weighted by molar-refractivity contribution is 5.87. The molecule has 0 N–H and O–H groups in total. The molecule has 1 aliphatic heterocycles. The number of carbonyl (C=O) groups excluding carboxylic acids is 1. The molecule has 1 atom stereocenters. The number of carbonyl (C=O) groups is 1. The van der Waals surface area contributed by atoms with Gasteiger partial charge in [-0.1, -0.05) is 24.3 Å². The largest absolute Gasteiger partial charge is 0.300 e. The third-order valence-corrected chi connectivity index (χ3v) is 3.65. The van der Waals surface area contributed by atoms with Gasteiger partial charge in [-0.15, -0.1) is 6.58 Å². The molecular formula is C16H19NO. The molecule has 1 heterocycles. The summed E-state index contributed by atoms with van der Waals surface area (Å²) in [4.78, 5) is 15.8. The van der Waals surface area contributed by atoms with E-state index < -0.39 is 0 Å². The van der Waals surface area contributed by atoms with E-state index in [2.05, 4.69) is 36.7 Å². The van der Waals surface area contributed by atoms with Crippen molar-refractivity contribution in [3.63, 3.8) is 0 Å². The fourth-order valence-corrected chi connectivity index (χ4v) is 2.61. The molecule has 18 heavy (non-hydrogen) atoms. The minimum atomic E-state index is -0.130. The van der Waals surface area contributed by atoms with Crippen LogP contribution in [0.2, 0.25) is 0 Å². The van der Waals surface area contributed by atoms with Crippen LogP contribution in [-0.4, -0.2) is 12.0 Å². The first-order chi connectivity index (χ1) is 8.59. The molecular weight excluding hydrogens is 222 g/mol. The zero-order valence-corrected chi connectivity index (χ0v) is 11.1. The SMILES string of the molecule is C=CC[C@@]1(CCC(C)=O)C=Nc2c(C)cccc21. The first-order valence-electron chi connectivity index (χ1n) is 6.35. The Hall–Kier alpha value is -1.70. The van der Waals surface area contributed by atoms with Crippen LogP contribution in [0.25, 0.3) is 0 Å². The minimum Gasteiger partial charge on any atom is -0.300 e. The molecule has 0 amide bonds. The van der Waals surface area contributed by atoms with Gasteiger partial charge >= 0.3 is 0 Å². The Labute approximate surface area is 108 Å². The van der Waals surface area contributed by atoms with Gasteiger partial charge in [0.15, 0.2) is 0 Å². The Kier molecular flexibility index (Phi) is 3.46. The van der Waals surface area contributed by atoms with Gasteiger partial charge < -0.3 is 4.79 Å². The number of benzene rings is 1. The molecule has 1 aromatic rings. The molecule has 1 aromatic carbocycles. The zero-order chi connectivity index (χ0) is 13.2. The van der Waals surface area contributed by atoms with Crippen LogP contribution in [0.1, 0.15) is 37.3 Å². The molecule has 0 fully saturated rings. The summed E-state index contributed by atoms with van der Waals surface area (Å²) in [6.07, 6.45) is 6.17. The lowest BCUT2D eigenvalue weighted by Crippen LogP contribution is -2.25. The number of allylic oxidation sites excluding steroid dienone is 1. The van der Waals surface area contributed by atoms with Crippen LogP contribution in [-0.2, 0) is 10.2 Å². The standard InChI is InChI=1S/C16H19NO/c1-4-9-16(10-8-13(3)18)11-17-15-12(2)6-5-7-14(15)16/h4-7,11H,1,8-10H2,2-3H3/t16-/m1/s1. The molecule has 0 aromatic heterocycles. The molecule has 2 nitrogen and oxygen atoms in total. The topological polar surface area (TPSA) is 29.4 Å². The van der Waals surface area contributed by atoms with E-state index in [0.29, 0.717) is 6.42 Å². The molecule has 2 heteroatoms. The molecule has 1 aliphatic rings. The normalized spacial score (nSPS) is 20.8. The number of rotatable bonds is 5. The van der Waals surface area contributed by atoms with Crippen molar-refractivity contribution in [2.24, 2.45) is 4.99 Å². The summed E-state index contributed by atoms with van der Waals surface area (Å²) in [6, 6.07) is 6.26. The van der Waals surface area contributed by atoms with Crippen LogP contribution in [0, 0.1) is 6.92 Å². The number of Topliss-reactive ketones (excluding diaryl/α,β-unsaturated/α-hetero) is 1. The second-order valence-electron chi connectivity index (χ2n) is 5.08. The maximum atomic E-state index is 11.3. The monoisotopic (exact) mass is 241 g/mol. The Morgan fingerprint density at radius 3 is 2.94 bits per heavy atom. The summed E-state index contributed by atoms with van der Waals surface area (Å²) in [5.41, 5.74) is 3.37. The molecule has 0 spiro atoms. The molecule has 94 valence electrons. The number of nitrogens with zero attached hydrogens (tertiary/aromatic N) is 1. The fourth-order valence-electron chi connectivity index (χ4n) is 2.61. The van der Waals surface area contributed by atoms with E-state index in [4.69, 9.17) is 0 Å². The summed E-state index contributed by atoms with van der Waals surface area (Å²) in [5.74, 6) is 0.230. The van der Waals surface area contributed by atoms with Crippen LogP contribution in [0.4, 0.5) is 5.69 Å². The van der Waals surface area contributed by atoms with E-state index in [0.717, 1.165) is 18.5 Å². The van der Waals surface area contributed by atoms with E-state index >= 15 is 0 Å². The third-order valence-electron chi connectivity index (χ3n) is 3.65. The van der Waals surface area contributed by atoms with Gasteiger partial charge in [0.2, 0.25) is 0 Å². The first kappa shape index (κ1) is 12.7. The van der Waals surface area contributed by atoms with Gasteiger partial charge in [0, 0.05) is 18.1 Å². The lowest BCUT2D eigenvalue weighted by atomic mass is 9.75. The highest BCUT2D eigenvalue weighted by Gasteiger charge is 2.35. The molecule has 0 aliphatic carbocycles. The number of hydrogen-bond donors (Lipinski definition) is 0. The van der Waals surface area contributed by atoms with Gasteiger partial charge in [0.05, 0.1) is 5.69 Å². The zero-order valence-electron chi connectivity index (χ0n) is 11.1. The predicted octanol–water partition coefficient (Wildman–Crippen LogP) is 3.89. The van der Waals surface area contributed by atoms with Crippen molar-refractivity contribution < 1.29 is 4.79 Å². The number of ketones is 1. The molecule has 2 rings (SSSR count). The van der Waals surface area contributed by atoms with Gasteiger partial charge in [-0.05, 0) is 37.8 Å². The second kappa shape index (κ2) is 4.89. The molecule has 0 unspecified atom stereocenters. The third kappa shape index (κ3) is 2.15. The average Bonchev–Trinajstić information content (AvgIpc) is 2.69. The second-order valence-corrected chi connectivity index (χ2v) is 5.08. The smallest absolute Gasteiger partial charge is 0.129 e. The predicted molar refractivity (Wildman–Crippen MR) is 75.7 cm³/mol. The lowest BCUT2D eigenvalue weighted by molar-refractivity contribution is -0.117. The quantitative estimate of drug-likeness (QED) is 0.719. The van der Waals surface area contributed by atoms with Gasteiger partial charge in [-0.25, -0.2) is 0 Å². The Morgan fingerprint density at radius 2 is 2.28 bits per heavy atom. The van der Waals surface area contributed by atoms with Crippen molar-refractivity contribution in [3.8, 4) is 0 Å². The Bertz CT molecular complexity index is 516. The van der Waals surface area contributed by atoms with E-state index in [1.165, 1.54) is 11.1 Å². The Balaban J connectivity index is 2.40. The van der Waals surface area contributed by atoms with Crippen molar-refractivity contribution in [1.82, 2.24) is 0 Å². The van der Waals surface area contributed by atoms with Crippen LogP contribution in [0.5, 0.6) is 0 Å². The number of fused-ring (bicyclic) bond motifs is 1. The van der Waals surface area contributed by atoms with E-state index in [-0.39, 0.29) is 11.2 Å². The molecule has 0 bridgehead atoms. The lowest BCUT2D eigenvalue weighted by Gasteiger charge is -2.26. The van der Waals surface area contributed by atoms with Gasteiger partial charge in [0.1, 0.15) is 5.78 Å². The van der Waals surface area contributed by atoms with Gasteiger partial charge in [0.25, 0.3) is 0 Å². The number of aliphatic imine (C=N–C) groups is 1. The van der Waals surface area contributed by atoms with Crippen molar-refractivity contribution in [1.29, 1.82) is 0 Å². The summed E-state index contributed by atoms with van der Waals surface area (Å²) >= 11 is 0.